The highest BCUT2D eigenvalue weighted by atomic mass is 35.5. The van der Waals surface area contributed by atoms with Crippen LogP contribution in [0.15, 0.2) is 53.6 Å². The summed E-state index contributed by atoms with van der Waals surface area (Å²) in [4.78, 5) is 37.7. The second-order valence-corrected chi connectivity index (χ2v) is 7.32. The number of carbonyl (C=O) groups is 1. The summed E-state index contributed by atoms with van der Waals surface area (Å²) in [6.07, 6.45) is 3.01. The lowest BCUT2D eigenvalue weighted by Gasteiger charge is -2.14. The van der Waals surface area contributed by atoms with E-state index in [1.165, 1.54) is 6.20 Å². The van der Waals surface area contributed by atoms with Crippen molar-refractivity contribution in [3.8, 4) is 5.75 Å². The highest BCUT2D eigenvalue weighted by Gasteiger charge is 2.15. The number of nitrogens with zero attached hydrogens (tertiary/aromatic N) is 2. The van der Waals surface area contributed by atoms with Gasteiger partial charge < -0.3 is 25.8 Å². The maximum absolute atomic E-state index is 12.7. The molecular weight excluding hydrogens is 420 g/mol. The van der Waals surface area contributed by atoms with Gasteiger partial charge in [0.2, 0.25) is 5.95 Å². The number of nitrogens with one attached hydrogen (secondary N) is 3. The molecule has 0 aliphatic heterocycles. The van der Waals surface area contributed by atoms with Crippen molar-refractivity contribution >= 4 is 34.4 Å². The van der Waals surface area contributed by atoms with E-state index >= 15 is 0 Å². The predicted molar refractivity (Wildman–Crippen MR) is 117 cm³/mol. The molecule has 1 unspecified atom stereocenters. The first-order chi connectivity index (χ1) is 14.9. The summed E-state index contributed by atoms with van der Waals surface area (Å²) in [5.41, 5.74) is 6.95. The van der Waals surface area contributed by atoms with Crippen LogP contribution in [-0.2, 0) is 6.61 Å². The number of hydrogen-bond acceptors (Lipinski definition) is 6. The van der Waals surface area contributed by atoms with E-state index in [1.54, 1.807) is 31.3 Å². The zero-order valence-corrected chi connectivity index (χ0v) is 17.2. The van der Waals surface area contributed by atoms with E-state index in [2.05, 4.69) is 25.3 Å². The van der Waals surface area contributed by atoms with Gasteiger partial charge in [0, 0.05) is 23.2 Å². The minimum atomic E-state index is -0.618. The number of H-pyrrole nitrogens is 2. The molecular formula is C21H19ClN6O3. The number of carbonyl (C=O) groups excluding carboxylic acids is 1. The molecule has 4 rings (SSSR count). The van der Waals surface area contributed by atoms with Gasteiger partial charge >= 0.3 is 0 Å². The van der Waals surface area contributed by atoms with Crippen molar-refractivity contribution in [3.63, 3.8) is 0 Å². The zero-order chi connectivity index (χ0) is 22.0. The van der Waals surface area contributed by atoms with Crippen LogP contribution in [0.4, 0.5) is 5.95 Å². The number of benzene rings is 1. The summed E-state index contributed by atoms with van der Waals surface area (Å²) < 4.78 is 5.77. The normalized spacial score (nSPS) is 11.9. The van der Waals surface area contributed by atoms with E-state index in [9.17, 15) is 9.59 Å². The number of primary amides is 1. The molecule has 0 fully saturated rings. The van der Waals surface area contributed by atoms with Crippen molar-refractivity contribution in [2.45, 2.75) is 19.6 Å². The Balaban J connectivity index is 1.57. The van der Waals surface area contributed by atoms with Crippen LogP contribution in [0.25, 0.3) is 10.9 Å². The van der Waals surface area contributed by atoms with Gasteiger partial charge in [0.25, 0.3) is 11.5 Å². The van der Waals surface area contributed by atoms with Crippen molar-refractivity contribution < 1.29 is 9.53 Å². The molecule has 0 aliphatic carbocycles. The number of imidazole rings is 1. The summed E-state index contributed by atoms with van der Waals surface area (Å²) in [5, 5.41) is 4.21. The standard InChI is InChI=1S/C21H19ClN6O3/c1-11(26-21-25-9-17(28-21)19(23)29)14-6-12-7-15(22)18(8-16(12)27-20(14)30)31-10-13-4-2-3-5-24-13/h2-9,11H,10H2,1H3,(H2,23,29)(H,27,30)(H2,25,26,28). The van der Waals surface area contributed by atoms with Crippen molar-refractivity contribution in [1.82, 2.24) is 19.9 Å². The fourth-order valence-electron chi connectivity index (χ4n) is 3.09. The predicted octanol–water partition coefficient (Wildman–Crippen LogP) is 3.15. The monoisotopic (exact) mass is 438 g/mol. The molecule has 5 N–H and O–H groups in total. The number of amides is 1. The largest absolute Gasteiger partial charge is 0.486 e. The maximum Gasteiger partial charge on any atom is 0.266 e. The molecule has 1 aromatic carbocycles. The topological polar surface area (TPSA) is 139 Å². The van der Waals surface area contributed by atoms with Crippen LogP contribution in [0.5, 0.6) is 5.75 Å². The van der Waals surface area contributed by atoms with Gasteiger partial charge in [-0.2, -0.15) is 0 Å². The first-order valence-corrected chi connectivity index (χ1v) is 9.79. The van der Waals surface area contributed by atoms with Crippen LogP contribution in [0, 0.1) is 0 Å². The van der Waals surface area contributed by atoms with Crippen molar-refractivity contribution in [1.29, 1.82) is 0 Å². The van der Waals surface area contributed by atoms with E-state index in [1.807, 2.05) is 18.2 Å². The fraction of sp³-hybridized carbons (Fsp3) is 0.143. The smallest absolute Gasteiger partial charge is 0.266 e. The van der Waals surface area contributed by atoms with E-state index < -0.39 is 11.9 Å². The second-order valence-electron chi connectivity index (χ2n) is 6.91. The van der Waals surface area contributed by atoms with Gasteiger partial charge in [-0.25, -0.2) is 4.98 Å². The summed E-state index contributed by atoms with van der Waals surface area (Å²) in [7, 11) is 0. The Morgan fingerprint density at radius 3 is 2.81 bits per heavy atom. The number of anilines is 1. The zero-order valence-electron chi connectivity index (χ0n) is 16.5. The third-order valence-corrected chi connectivity index (χ3v) is 4.98. The summed E-state index contributed by atoms with van der Waals surface area (Å²) >= 11 is 6.39. The first kappa shape index (κ1) is 20.4. The van der Waals surface area contributed by atoms with Crippen LogP contribution in [0.3, 0.4) is 0 Å². The van der Waals surface area contributed by atoms with Crippen molar-refractivity contribution in [3.05, 3.63) is 81.1 Å². The number of nitrogens with two attached hydrogens (primary N) is 1. The number of hydrogen-bond donors (Lipinski definition) is 4. The summed E-state index contributed by atoms with van der Waals surface area (Å²) in [6, 6.07) is 10.3. The molecule has 9 nitrogen and oxygen atoms in total. The van der Waals surface area contributed by atoms with E-state index in [0.29, 0.717) is 27.8 Å². The highest BCUT2D eigenvalue weighted by molar-refractivity contribution is 6.32. The molecule has 31 heavy (non-hydrogen) atoms. The van der Waals surface area contributed by atoms with Gasteiger partial charge in [-0.1, -0.05) is 17.7 Å². The molecule has 0 bridgehead atoms. The molecule has 0 spiro atoms. The van der Waals surface area contributed by atoms with Crippen LogP contribution in [0.2, 0.25) is 5.02 Å². The number of aromatic amines is 2. The lowest BCUT2D eigenvalue weighted by atomic mass is 10.1. The molecule has 0 radical (unpaired) electrons. The number of pyridine rings is 2. The number of halogens is 1. The molecule has 4 aromatic rings. The Morgan fingerprint density at radius 2 is 2.10 bits per heavy atom. The molecule has 158 valence electrons. The average molecular weight is 439 g/mol. The fourth-order valence-corrected chi connectivity index (χ4v) is 3.32. The third-order valence-electron chi connectivity index (χ3n) is 4.69. The molecule has 0 saturated carbocycles. The van der Waals surface area contributed by atoms with Crippen LogP contribution < -0.4 is 21.3 Å². The number of fused-ring (bicyclic) bond motifs is 1. The van der Waals surface area contributed by atoms with Gasteiger partial charge in [-0.15, -0.1) is 0 Å². The van der Waals surface area contributed by atoms with Gasteiger partial charge in [-0.3, -0.25) is 14.6 Å². The average Bonchev–Trinajstić information content (AvgIpc) is 3.21. The number of rotatable bonds is 7. The maximum atomic E-state index is 12.7. The molecule has 10 heteroatoms. The number of aromatic nitrogens is 4. The molecule has 1 atom stereocenters. The molecule has 0 aliphatic rings. The first-order valence-electron chi connectivity index (χ1n) is 9.41. The van der Waals surface area contributed by atoms with Crippen LogP contribution in [0.1, 0.15) is 34.7 Å². The van der Waals surface area contributed by atoms with E-state index in [-0.39, 0.29) is 17.9 Å². The second kappa shape index (κ2) is 8.49. The van der Waals surface area contributed by atoms with E-state index in [4.69, 9.17) is 22.1 Å². The SMILES string of the molecule is CC(Nc1ncc(C(N)=O)[nH]1)c1cc2cc(Cl)c(OCc3ccccn3)cc2[nH]c1=O. The van der Waals surface area contributed by atoms with Crippen LogP contribution >= 0.6 is 11.6 Å². The van der Waals surface area contributed by atoms with Crippen molar-refractivity contribution in [2.75, 3.05) is 5.32 Å². The minimum Gasteiger partial charge on any atom is -0.486 e. The Kier molecular flexibility index (Phi) is 5.59. The summed E-state index contributed by atoms with van der Waals surface area (Å²) in [5.74, 6) is 0.161. The molecule has 1 amide bonds. The van der Waals surface area contributed by atoms with Gasteiger partial charge in [0.1, 0.15) is 18.1 Å². The number of ether oxygens (including phenoxy) is 1. The van der Waals surface area contributed by atoms with Crippen LogP contribution in [-0.4, -0.2) is 25.8 Å². The molecule has 3 aromatic heterocycles. The quantitative estimate of drug-likeness (QED) is 0.349. The lowest BCUT2D eigenvalue weighted by molar-refractivity contribution is 0.0996. The third kappa shape index (κ3) is 4.51. The Hall–Kier alpha value is -3.85. The Bertz CT molecular complexity index is 1300. The van der Waals surface area contributed by atoms with Gasteiger partial charge in [0.05, 0.1) is 28.5 Å². The highest BCUT2D eigenvalue weighted by Crippen LogP contribution is 2.30. The molecule has 0 saturated heterocycles. The summed E-state index contributed by atoms with van der Waals surface area (Å²) in [6.45, 7) is 2.06. The van der Waals surface area contributed by atoms with E-state index in [0.717, 1.165) is 11.1 Å². The van der Waals surface area contributed by atoms with Gasteiger partial charge in [-0.05, 0) is 31.2 Å². The minimum absolute atomic E-state index is 0.173. The van der Waals surface area contributed by atoms with Crippen molar-refractivity contribution in [2.24, 2.45) is 5.73 Å². The van der Waals surface area contributed by atoms with Gasteiger partial charge in [0.15, 0.2) is 0 Å². The Morgan fingerprint density at radius 1 is 1.26 bits per heavy atom. The molecule has 3 heterocycles. The lowest BCUT2D eigenvalue weighted by Crippen LogP contribution is -2.20. The Labute approximate surface area is 181 Å².